The molecular weight excluding hydrogens is 328 g/mol. The number of hydrogen-bond acceptors (Lipinski definition) is 5. The van der Waals surface area contributed by atoms with Crippen LogP contribution in [0.2, 0.25) is 0 Å². The Labute approximate surface area is 151 Å². The number of benzene rings is 1. The van der Waals surface area contributed by atoms with Gasteiger partial charge in [-0.15, -0.1) is 0 Å². The van der Waals surface area contributed by atoms with Crippen molar-refractivity contribution in [1.29, 1.82) is 0 Å². The lowest BCUT2D eigenvalue weighted by atomic mass is 10.0. The number of nitrogens with zero attached hydrogens (tertiary/aromatic N) is 3. The first kappa shape index (κ1) is 16.5. The Balaban J connectivity index is 1.67. The number of anilines is 1. The number of aromatic nitrogens is 3. The zero-order valence-electron chi connectivity index (χ0n) is 14.7. The van der Waals surface area contributed by atoms with Gasteiger partial charge in [0.2, 0.25) is 0 Å². The van der Waals surface area contributed by atoms with E-state index in [1.165, 1.54) is 0 Å². The number of imidazole rings is 1. The normalized spacial score (nSPS) is 13.8. The summed E-state index contributed by atoms with van der Waals surface area (Å²) in [6.07, 6.45) is 7.61. The minimum absolute atomic E-state index is 0.00663. The van der Waals surface area contributed by atoms with Crippen LogP contribution in [-0.2, 0) is 0 Å². The fraction of sp³-hybridized carbons (Fsp3) is 0.316. The molecule has 0 atom stereocenters. The van der Waals surface area contributed by atoms with Crippen molar-refractivity contribution in [2.75, 3.05) is 18.4 Å². The first-order valence-electron chi connectivity index (χ1n) is 8.85. The minimum atomic E-state index is 0.00663. The van der Waals surface area contributed by atoms with E-state index in [0.717, 1.165) is 40.9 Å². The number of aryl methyl sites for hydroxylation is 1. The lowest BCUT2D eigenvalue weighted by molar-refractivity contribution is 0.0950. The molecule has 0 unspecified atom stereocenters. The maximum absolute atomic E-state index is 12.3. The predicted octanol–water partition coefficient (Wildman–Crippen LogP) is 1.97. The molecule has 0 radical (unpaired) electrons. The van der Waals surface area contributed by atoms with E-state index in [1.807, 2.05) is 41.9 Å². The Morgan fingerprint density at radius 3 is 2.92 bits per heavy atom. The summed E-state index contributed by atoms with van der Waals surface area (Å²) in [5.74, 6) is 0.716. The standard InChI is InChI=1S/C19H22N6O/c1-12-10-13(2-5-15(12)19(26)24-14-3-4-14)16-11-23-18-17(21-7-6-20)22-8-9-25(16)18/h2,5,8-11,14H,3-4,6-7,20H2,1H3,(H,21,22)(H,24,26). The molecule has 1 amide bonds. The van der Waals surface area contributed by atoms with Gasteiger partial charge in [0.25, 0.3) is 5.91 Å². The Hall–Kier alpha value is -2.93. The lowest BCUT2D eigenvalue weighted by Gasteiger charge is -2.10. The highest BCUT2D eigenvalue weighted by Crippen LogP contribution is 2.26. The van der Waals surface area contributed by atoms with E-state index in [4.69, 9.17) is 5.73 Å². The van der Waals surface area contributed by atoms with Crippen molar-refractivity contribution >= 4 is 17.4 Å². The van der Waals surface area contributed by atoms with Crippen LogP contribution >= 0.6 is 0 Å². The topological polar surface area (TPSA) is 97.3 Å². The molecule has 26 heavy (non-hydrogen) atoms. The summed E-state index contributed by atoms with van der Waals surface area (Å²) < 4.78 is 1.99. The van der Waals surface area contributed by atoms with Crippen molar-refractivity contribution < 1.29 is 4.79 Å². The smallest absolute Gasteiger partial charge is 0.251 e. The minimum Gasteiger partial charge on any atom is -0.366 e. The Morgan fingerprint density at radius 1 is 1.35 bits per heavy atom. The zero-order valence-corrected chi connectivity index (χ0v) is 14.7. The molecule has 4 rings (SSSR count). The maximum Gasteiger partial charge on any atom is 0.251 e. The monoisotopic (exact) mass is 350 g/mol. The van der Waals surface area contributed by atoms with E-state index in [9.17, 15) is 4.79 Å². The van der Waals surface area contributed by atoms with Crippen molar-refractivity contribution in [2.45, 2.75) is 25.8 Å². The number of nitrogens with one attached hydrogen (secondary N) is 2. The van der Waals surface area contributed by atoms with Crippen LogP contribution in [0.3, 0.4) is 0 Å². The molecule has 7 heteroatoms. The molecule has 2 aromatic heterocycles. The van der Waals surface area contributed by atoms with E-state index >= 15 is 0 Å². The van der Waals surface area contributed by atoms with Gasteiger partial charge in [-0.25, -0.2) is 9.97 Å². The predicted molar refractivity (Wildman–Crippen MR) is 101 cm³/mol. The third-order valence-corrected chi connectivity index (χ3v) is 4.54. The van der Waals surface area contributed by atoms with Gasteiger partial charge in [-0.05, 0) is 37.5 Å². The highest BCUT2D eigenvalue weighted by atomic mass is 16.1. The van der Waals surface area contributed by atoms with Gasteiger partial charge in [-0.2, -0.15) is 0 Å². The van der Waals surface area contributed by atoms with E-state index in [2.05, 4.69) is 20.6 Å². The number of rotatable bonds is 6. The van der Waals surface area contributed by atoms with E-state index < -0.39 is 0 Å². The van der Waals surface area contributed by atoms with Crippen LogP contribution in [0.4, 0.5) is 5.82 Å². The highest BCUT2D eigenvalue weighted by Gasteiger charge is 2.24. The summed E-state index contributed by atoms with van der Waals surface area (Å²) in [5.41, 5.74) is 9.95. The number of carbonyl (C=O) groups excluding carboxylic acids is 1. The first-order valence-corrected chi connectivity index (χ1v) is 8.85. The molecule has 1 saturated carbocycles. The molecule has 1 aliphatic rings. The van der Waals surface area contributed by atoms with Gasteiger partial charge < -0.3 is 16.4 Å². The van der Waals surface area contributed by atoms with Gasteiger partial charge >= 0.3 is 0 Å². The molecule has 2 heterocycles. The fourth-order valence-electron chi connectivity index (χ4n) is 3.02. The molecule has 7 nitrogen and oxygen atoms in total. The second kappa shape index (κ2) is 6.76. The summed E-state index contributed by atoms with van der Waals surface area (Å²) in [7, 11) is 0. The quantitative estimate of drug-likeness (QED) is 0.631. The van der Waals surface area contributed by atoms with Crippen molar-refractivity contribution in [3.8, 4) is 11.3 Å². The molecule has 134 valence electrons. The van der Waals surface area contributed by atoms with Gasteiger partial charge in [0, 0.05) is 42.7 Å². The average Bonchev–Trinajstić information content (AvgIpc) is 3.34. The van der Waals surface area contributed by atoms with Crippen LogP contribution in [-0.4, -0.2) is 39.4 Å². The highest BCUT2D eigenvalue weighted by molar-refractivity contribution is 5.96. The van der Waals surface area contributed by atoms with Crippen LogP contribution in [0, 0.1) is 6.92 Å². The van der Waals surface area contributed by atoms with Crippen LogP contribution in [0.25, 0.3) is 16.9 Å². The van der Waals surface area contributed by atoms with Gasteiger partial charge in [0.05, 0.1) is 11.9 Å². The molecule has 0 aliphatic heterocycles. The number of nitrogens with two attached hydrogens (primary N) is 1. The lowest BCUT2D eigenvalue weighted by Crippen LogP contribution is -2.26. The largest absolute Gasteiger partial charge is 0.366 e. The van der Waals surface area contributed by atoms with Crippen molar-refractivity contribution in [3.05, 3.63) is 47.9 Å². The van der Waals surface area contributed by atoms with Gasteiger partial charge in [-0.3, -0.25) is 9.20 Å². The number of hydrogen-bond donors (Lipinski definition) is 3. The van der Waals surface area contributed by atoms with Gasteiger partial charge in [0.15, 0.2) is 11.5 Å². The van der Waals surface area contributed by atoms with Crippen LogP contribution in [0.5, 0.6) is 0 Å². The molecule has 0 spiro atoms. The van der Waals surface area contributed by atoms with E-state index in [0.29, 0.717) is 24.9 Å². The fourth-order valence-corrected chi connectivity index (χ4v) is 3.02. The molecule has 1 fully saturated rings. The summed E-state index contributed by atoms with van der Waals surface area (Å²) in [5, 5.41) is 6.23. The molecule has 0 saturated heterocycles. The number of amides is 1. The van der Waals surface area contributed by atoms with E-state index in [1.54, 1.807) is 6.20 Å². The van der Waals surface area contributed by atoms with Crippen molar-refractivity contribution in [1.82, 2.24) is 19.7 Å². The van der Waals surface area contributed by atoms with Crippen LogP contribution in [0.15, 0.2) is 36.8 Å². The average molecular weight is 350 g/mol. The Kier molecular flexibility index (Phi) is 4.30. The Bertz CT molecular complexity index is 960. The second-order valence-electron chi connectivity index (χ2n) is 6.61. The van der Waals surface area contributed by atoms with Crippen molar-refractivity contribution in [2.24, 2.45) is 5.73 Å². The maximum atomic E-state index is 12.3. The molecular formula is C19H22N6O. The SMILES string of the molecule is Cc1cc(-c2cnc3c(NCCN)nccn23)ccc1C(=O)NC1CC1. The molecule has 3 aromatic rings. The van der Waals surface area contributed by atoms with Crippen LogP contribution in [0.1, 0.15) is 28.8 Å². The summed E-state index contributed by atoms with van der Waals surface area (Å²) in [6, 6.07) is 6.23. The van der Waals surface area contributed by atoms with Gasteiger partial charge in [0.1, 0.15) is 0 Å². The zero-order chi connectivity index (χ0) is 18.1. The summed E-state index contributed by atoms with van der Waals surface area (Å²) >= 11 is 0. The third-order valence-electron chi connectivity index (χ3n) is 4.54. The first-order chi connectivity index (χ1) is 12.7. The Morgan fingerprint density at radius 2 is 2.19 bits per heavy atom. The second-order valence-corrected chi connectivity index (χ2v) is 6.61. The third kappa shape index (κ3) is 3.13. The number of carbonyl (C=O) groups is 1. The molecule has 0 bridgehead atoms. The molecule has 4 N–H and O–H groups in total. The van der Waals surface area contributed by atoms with Crippen molar-refractivity contribution in [3.63, 3.8) is 0 Å². The summed E-state index contributed by atoms with van der Waals surface area (Å²) in [4.78, 5) is 21.2. The molecule has 1 aliphatic carbocycles. The summed E-state index contributed by atoms with van der Waals surface area (Å²) in [6.45, 7) is 3.13. The van der Waals surface area contributed by atoms with Gasteiger partial charge in [-0.1, -0.05) is 6.07 Å². The number of fused-ring (bicyclic) bond motifs is 1. The molecule has 1 aromatic carbocycles. The van der Waals surface area contributed by atoms with Crippen LogP contribution < -0.4 is 16.4 Å². The van der Waals surface area contributed by atoms with E-state index in [-0.39, 0.29) is 5.91 Å².